The minimum atomic E-state index is -4.08. The maximum Gasteiger partial charge on any atom is 0.387 e. The van der Waals surface area contributed by atoms with E-state index < -0.39 is 52.4 Å². The van der Waals surface area contributed by atoms with Crippen LogP contribution in [-0.2, 0) is 25.2 Å². The Morgan fingerprint density at radius 3 is 2.42 bits per heavy atom. The summed E-state index contributed by atoms with van der Waals surface area (Å²) in [6, 6.07) is 14.3. The van der Waals surface area contributed by atoms with Crippen molar-refractivity contribution in [2.45, 2.75) is 18.4 Å². The molecule has 11 heteroatoms. The lowest BCUT2D eigenvalue weighted by Gasteiger charge is -2.18. The quantitative estimate of drug-likeness (QED) is 0.377. The second-order valence-electron chi connectivity index (χ2n) is 6.72. The molecule has 2 aromatic carbocycles. The molecule has 174 valence electrons. The summed E-state index contributed by atoms with van der Waals surface area (Å²) in [6.45, 7) is -3.54. The van der Waals surface area contributed by atoms with Gasteiger partial charge in [-0.3, -0.25) is 9.59 Å². The van der Waals surface area contributed by atoms with Crippen LogP contribution in [0.1, 0.15) is 11.1 Å². The van der Waals surface area contributed by atoms with Crippen LogP contribution in [0.25, 0.3) is 6.08 Å². The molecule has 0 spiro atoms. The number of sulfone groups is 1. The molecule has 2 aromatic rings. The molecule has 2 rings (SSSR count). The van der Waals surface area contributed by atoms with Gasteiger partial charge in [0, 0.05) is 11.6 Å². The Bertz CT molecular complexity index is 1130. The Hall–Kier alpha value is -3.78. The first-order valence-electron chi connectivity index (χ1n) is 9.61. The lowest BCUT2D eigenvalue weighted by atomic mass is 10.2. The molecule has 0 unspecified atom stereocenters. The molecule has 0 saturated heterocycles. The molecule has 2 amide bonds. The first-order valence-corrected chi connectivity index (χ1v) is 11.4. The fourth-order valence-corrected chi connectivity index (χ4v) is 4.35. The normalized spacial score (nSPS) is 12.2. The molecule has 0 aromatic heterocycles. The number of hydrogen-bond donors (Lipinski definition) is 2. The van der Waals surface area contributed by atoms with Crippen LogP contribution in [0.15, 0.2) is 60.7 Å². The Morgan fingerprint density at radius 2 is 1.76 bits per heavy atom. The highest BCUT2D eigenvalue weighted by atomic mass is 32.2. The van der Waals surface area contributed by atoms with E-state index in [4.69, 9.17) is 5.26 Å². The van der Waals surface area contributed by atoms with Crippen LogP contribution in [0.2, 0.25) is 0 Å². The number of para-hydroxylation sites is 1. The average Bonchev–Trinajstić information content (AvgIpc) is 2.77. The standard InChI is InChI=1S/C22H21F2N3O5S/c23-22(24)32-19-9-5-4-8-17(19)14-33(30,31)15-18(21(29)26-13-12-25)27-20(28)11-10-16-6-2-1-3-7-16/h1-11,18,22H,13-15H2,(H,26,29)(H,27,28)/t18-/m0/s1. The molecular formula is C22H21F2N3O5S. The highest BCUT2D eigenvalue weighted by Gasteiger charge is 2.28. The number of hydrogen-bond acceptors (Lipinski definition) is 6. The van der Waals surface area contributed by atoms with Gasteiger partial charge in [-0.1, -0.05) is 48.5 Å². The minimum Gasteiger partial charge on any atom is -0.435 e. The summed E-state index contributed by atoms with van der Waals surface area (Å²) in [5.41, 5.74) is 0.686. The van der Waals surface area contributed by atoms with E-state index in [1.807, 2.05) is 0 Å². The lowest BCUT2D eigenvalue weighted by molar-refractivity contribution is -0.126. The second-order valence-corrected chi connectivity index (χ2v) is 8.83. The summed E-state index contributed by atoms with van der Waals surface area (Å²) in [5.74, 6) is -3.44. The number of halogens is 2. The van der Waals surface area contributed by atoms with Crippen LogP contribution < -0.4 is 15.4 Å². The van der Waals surface area contributed by atoms with Crippen molar-refractivity contribution in [3.8, 4) is 11.8 Å². The van der Waals surface area contributed by atoms with E-state index in [2.05, 4.69) is 15.4 Å². The zero-order valence-electron chi connectivity index (χ0n) is 17.3. The van der Waals surface area contributed by atoms with E-state index >= 15 is 0 Å². The molecular weight excluding hydrogens is 456 g/mol. The zero-order valence-corrected chi connectivity index (χ0v) is 18.1. The van der Waals surface area contributed by atoms with Crippen molar-refractivity contribution in [2.24, 2.45) is 0 Å². The van der Waals surface area contributed by atoms with Crippen molar-refractivity contribution < 1.29 is 31.5 Å². The van der Waals surface area contributed by atoms with Crippen molar-refractivity contribution in [3.63, 3.8) is 0 Å². The van der Waals surface area contributed by atoms with Crippen molar-refractivity contribution in [1.82, 2.24) is 10.6 Å². The fourth-order valence-electron chi connectivity index (χ4n) is 2.77. The molecule has 0 bridgehead atoms. The summed E-state index contributed by atoms with van der Waals surface area (Å²) >= 11 is 0. The summed E-state index contributed by atoms with van der Waals surface area (Å²) in [5, 5.41) is 13.2. The molecule has 1 atom stereocenters. The molecule has 0 radical (unpaired) electrons. The van der Waals surface area contributed by atoms with Crippen molar-refractivity contribution in [3.05, 3.63) is 71.8 Å². The van der Waals surface area contributed by atoms with Crippen LogP contribution in [0.4, 0.5) is 8.78 Å². The third-order valence-corrected chi connectivity index (χ3v) is 5.78. The van der Waals surface area contributed by atoms with E-state index in [-0.39, 0.29) is 11.3 Å². The van der Waals surface area contributed by atoms with Gasteiger partial charge in [-0.15, -0.1) is 0 Å². The molecule has 0 aliphatic heterocycles. The lowest BCUT2D eigenvalue weighted by Crippen LogP contribution is -2.50. The Kier molecular flexibility index (Phi) is 9.50. The zero-order chi connectivity index (χ0) is 24.3. The SMILES string of the molecule is N#CCNC(=O)[C@H](CS(=O)(=O)Cc1ccccc1OC(F)F)NC(=O)C=Cc1ccccc1. The van der Waals surface area contributed by atoms with Gasteiger partial charge in [0.2, 0.25) is 11.8 Å². The molecule has 2 N–H and O–H groups in total. The molecule has 33 heavy (non-hydrogen) atoms. The maximum atomic E-state index is 12.7. The number of nitrogens with one attached hydrogen (secondary N) is 2. The number of carbonyl (C=O) groups excluding carboxylic acids is 2. The number of nitriles is 1. The van der Waals surface area contributed by atoms with E-state index in [1.165, 1.54) is 30.3 Å². The molecule has 8 nitrogen and oxygen atoms in total. The van der Waals surface area contributed by atoms with Gasteiger partial charge in [-0.05, 0) is 17.7 Å². The third-order valence-electron chi connectivity index (χ3n) is 4.19. The largest absolute Gasteiger partial charge is 0.435 e. The van der Waals surface area contributed by atoms with E-state index in [0.717, 1.165) is 6.08 Å². The van der Waals surface area contributed by atoms with Gasteiger partial charge in [0.05, 0.1) is 17.6 Å². The second kappa shape index (κ2) is 12.3. The smallest absolute Gasteiger partial charge is 0.387 e. The number of rotatable bonds is 11. The van der Waals surface area contributed by atoms with Crippen molar-refractivity contribution in [1.29, 1.82) is 5.26 Å². The van der Waals surface area contributed by atoms with Gasteiger partial charge in [0.25, 0.3) is 0 Å². The van der Waals surface area contributed by atoms with Crippen LogP contribution in [0, 0.1) is 11.3 Å². The van der Waals surface area contributed by atoms with Crippen LogP contribution in [-0.4, -0.2) is 45.2 Å². The summed E-state index contributed by atoms with van der Waals surface area (Å²) in [7, 11) is -4.08. The number of benzene rings is 2. The minimum absolute atomic E-state index is 0.0238. The fraction of sp³-hybridized carbons (Fsp3) is 0.227. The van der Waals surface area contributed by atoms with Gasteiger partial charge in [0.15, 0.2) is 9.84 Å². The first kappa shape index (κ1) is 25.5. The van der Waals surface area contributed by atoms with Crippen molar-refractivity contribution >= 4 is 27.7 Å². The summed E-state index contributed by atoms with van der Waals surface area (Å²) in [6.07, 6.45) is 2.62. The van der Waals surface area contributed by atoms with Crippen molar-refractivity contribution in [2.75, 3.05) is 12.3 Å². The van der Waals surface area contributed by atoms with E-state index in [9.17, 15) is 26.8 Å². The highest BCUT2D eigenvalue weighted by molar-refractivity contribution is 7.90. The summed E-state index contributed by atoms with van der Waals surface area (Å²) in [4.78, 5) is 24.6. The first-order chi connectivity index (χ1) is 15.7. The number of carbonyl (C=O) groups is 2. The Balaban J connectivity index is 2.16. The van der Waals surface area contributed by atoms with Gasteiger partial charge >= 0.3 is 6.61 Å². The van der Waals surface area contributed by atoms with E-state index in [0.29, 0.717) is 5.56 Å². The Morgan fingerprint density at radius 1 is 1.09 bits per heavy atom. The van der Waals surface area contributed by atoms with E-state index in [1.54, 1.807) is 36.4 Å². The van der Waals surface area contributed by atoms with Crippen LogP contribution in [0.3, 0.4) is 0 Å². The molecule has 0 aliphatic rings. The third kappa shape index (κ3) is 9.08. The van der Waals surface area contributed by atoms with Crippen LogP contribution in [0.5, 0.6) is 5.75 Å². The highest BCUT2D eigenvalue weighted by Crippen LogP contribution is 2.23. The predicted octanol–water partition coefficient (Wildman–Crippen LogP) is 2.04. The number of amides is 2. The number of alkyl halides is 2. The monoisotopic (exact) mass is 477 g/mol. The number of nitrogens with zero attached hydrogens (tertiary/aromatic N) is 1. The molecule has 0 fully saturated rings. The summed E-state index contributed by atoms with van der Waals surface area (Å²) < 4.78 is 55.0. The van der Waals surface area contributed by atoms with Gasteiger partial charge in [0.1, 0.15) is 18.3 Å². The number of ether oxygens (including phenoxy) is 1. The average molecular weight is 477 g/mol. The van der Waals surface area contributed by atoms with Gasteiger partial charge < -0.3 is 15.4 Å². The molecule has 0 aliphatic carbocycles. The van der Waals surface area contributed by atoms with Gasteiger partial charge in [-0.2, -0.15) is 14.0 Å². The predicted molar refractivity (Wildman–Crippen MR) is 117 cm³/mol. The maximum absolute atomic E-state index is 12.7. The van der Waals surface area contributed by atoms with Crippen LogP contribution >= 0.6 is 0 Å². The Labute approximate surface area is 189 Å². The molecule has 0 heterocycles. The topological polar surface area (TPSA) is 125 Å². The molecule has 0 saturated carbocycles. The van der Waals surface area contributed by atoms with Gasteiger partial charge in [-0.25, -0.2) is 8.42 Å².